The van der Waals surface area contributed by atoms with Crippen LogP contribution in [-0.4, -0.2) is 25.0 Å². The van der Waals surface area contributed by atoms with E-state index in [1.54, 1.807) is 7.05 Å². The molecule has 1 aliphatic rings. The number of hydrogen-bond acceptors (Lipinski definition) is 2. The third-order valence-electron chi connectivity index (χ3n) is 4.31. The maximum Gasteiger partial charge on any atom is 0.236 e. The molecule has 0 bridgehead atoms. The van der Waals surface area contributed by atoms with Gasteiger partial charge in [0.25, 0.3) is 0 Å². The van der Waals surface area contributed by atoms with E-state index in [4.69, 9.17) is 0 Å². The van der Waals surface area contributed by atoms with Crippen molar-refractivity contribution in [1.82, 2.24) is 10.6 Å². The van der Waals surface area contributed by atoms with E-state index in [2.05, 4.69) is 38.3 Å². The Morgan fingerprint density at radius 3 is 2.39 bits per heavy atom. The summed E-state index contributed by atoms with van der Waals surface area (Å²) < 4.78 is 0. The summed E-state index contributed by atoms with van der Waals surface area (Å²) >= 11 is 0. The van der Waals surface area contributed by atoms with Crippen LogP contribution in [0.25, 0.3) is 0 Å². The Labute approximate surface area is 112 Å². The number of nitrogens with one attached hydrogen (secondary N) is 2. The lowest BCUT2D eigenvalue weighted by Gasteiger charge is -2.35. The molecule has 0 aromatic rings. The van der Waals surface area contributed by atoms with Crippen LogP contribution in [-0.2, 0) is 4.79 Å². The fraction of sp³-hybridized carbons (Fsp3) is 0.933. The normalized spacial score (nSPS) is 30.2. The Hall–Kier alpha value is -0.570. The maximum atomic E-state index is 11.9. The molecule has 4 unspecified atom stereocenters. The lowest BCUT2D eigenvalue weighted by Crippen LogP contribution is -2.49. The summed E-state index contributed by atoms with van der Waals surface area (Å²) in [7, 11) is 1.73. The largest absolute Gasteiger partial charge is 0.358 e. The number of amides is 1. The van der Waals surface area contributed by atoms with E-state index in [0.717, 1.165) is 18.3 Å². The zero-order valence-electron chi connectivity index (χ0n) is 12.6. The summed E-state index contributed by atoms with van der Waals surface area (Å²) in [6.45, 7) is 9.01. The van der Waals surface area contributed by atoms with Crippen molar-refractivity contribution in [2.75, 3.05) is 7.05 Å². The molecule has 18 heavy (non-hydrogen) atoms. The smallest absolute Gasteiger partial charge is 0.236 e. The molecular formula is C15H30N2O. The second kappa shape index (κ2) is 7.13. The molecule has 4 atom stereocenters. The van der Waals surface area contributed by atoms with Gasteiger partial charge in [-0.1, -0.05) is 27.7 Å². The van der Waals surface area contributed by atoms with Crippen LogP contribution >= 0.6 is 0 Å². The highest BCUT2D eigenvalue weighted by atomic mass is 16.2. The summed E-state index contributed by atoms with van der Waals surface area (Å²) in [5, 5.41) is 6.36. The van der Waals surface area contributed by atoms with Gasteiger partial charge in [-0.25, -0.2) is 0 Å². The van der Waals surface area contributed by atoms with Gasteiger partial charge in [-0.15, -0.1) is 0 Å². The maximum absolute atomic E-state index is 11.9. The third kappa shape index (κ3) is 4.60. The first kappa shape index (κ1) is 15.5. The van der Waals surface area contributed by atoms with Crippen molar-refractivity contribution in [3.63, 3.8) is 0 Å². The fourth-order valence-electron chi connectivity index (χ4n) is 2.88. The lowest BCUT2D eigenvalue weighted by molar-refractivity contribution is -0.123. The molecule has 0 heterocycles. The van der Waals surface area contributed by atoms with Gasteiger partial charge in [0.1, 0.15) is 0 Å². The highest BCUT2D eigenvalue weighted by Gasteiger charge is 2.28. The molecular weight excluding hydrogens is 224 g/mol. The van der Waals surface area contributed by atoms with E-state index in [9.17, 15) is 4.79 Å². The second-order valence-electron chi connectivity index (χ2n) is 6.43. The van der Waals surface area contributed by atoms with Crippen molar-refractivity contribution in [2.24, 2.45) is 17.8 Å². The Balaban J connectivity index is 2.52. The molecule has 0 saturated heterocycles. The van der Waals surface area contributed by atoms with Crippen LogP contribution in [0.15, 0.2) is 0 Å². The van der Waals surface area contributed by atoms with Crippen molar-refractivity contribution < 1.29 is 4.79 Å². The zero-order chi connectivity index (χ0) is 13.7. The number of carbonyl (C=O) groups is 1. The average Bonchev–Trinajstić information content (AvgIpc) is 2.31. The van der Waals surface area contributed by atoms with Crippen LogP contribution in [0, 0.1) is 17.8 Å². The van der Waals surface area contributed by atoms with E-state index in [0.29, 0.717) is 12.0 Å². The lowest BCUT2D eigenvalue weighted by atomic mass is 9.79. The Morgan fingerprint density at radius 1 is 1.22 bits per heavy atom. The zero-order valence-corrected chi connectivity index (χ0v) is 12.6. The molecule has 106 valence electrons. The summed E-state index contributed by atoms with van der Waals surface area (Å²) in [6, 6.07) is 0.484. The highest BCUT2D eigenvalue weighted by molar-refractivity contribution is 5.81. The molecule has 3 nitrogen and oxygen atoms in total. The van der Waals surface area contributed by atoms with Gasteiger partial charge in [0.2, 0.25) is 5.91 Å². The van der Waals surface area contributed by atoms with Gasteiger partial charge >= 0.3 is 0 Å². The van der Waals surface area contributed by atoms with Crippen LogP contribution in [0.2, 0.25) is 0 Å². The summed E-state index contributed by atoms with van der Waals surface area (Å²) in [5.41, 5.74) is 0. The third-order valence-corrected chi connectivity index (χ3v) is 4.31. The van der Waals surface area contributed by atoms with Gasteiger partial charge in [-0.3, -0.25) is 4.79 Å². The van der Waals surface area contributed by atoms with E-state index in [1.165, 1.54) is 19.3 Å². The van der Waals surface area contributed by atoms with Gasteiger partial charge in [0.05, 0.1) is 6.04 Å². The fourth-order valence-corrected chi connectivity index (χ4v) is 2.88. The van der Waals surface area contributed by atoms with Gasteiger partial charge < -0.3 is 10.6 Å². The van der Waals surface area contributed by atoms with Crippen molar-refractivity contribution in [3.05, 3.63) is 0 Å². The minimum Gasteiger partial charge on any atom is -0.358 e. The number of hydrogen-bond donors (Lipinski definition) is 2. The molecule has 1 aliphatic carbocycles. The van der Waals surface area contributed by atoms with Crippen LogP contribution in [0.4, 0.5) is 0 Å². The van der Waals surface area contributed by atoms with Crippen LogP contribution in [0.5, 0.6) is 0 Å². The summed E-state index contributed by atoms with van der Waals surface area (Å²) in [4.78, 5) is 11.9. The van der Waals surface area contributed by atoms with Crippen molar-refractivity contribution in [2.45, 2.75) is 65.5 Å². The van der Waals surface area contributed by atoms with Gasteiger partial charge in [0, 0.05) is 13.1 Å². The molecule has 0 aromatic carbocycles. The van der Waals surface area contributed by atoms with Crippen LogP contribution in [0.1, 0.15) is 53.4 Å². The Morgan fingerprint density at radius 2 is 1.89 bits per heavy atom. The second-order valence-corrected chi connectivity index (χ2v) is 6.43. The highest BCUT2D eigenvalue weighted by Crippen LogP contribution is 2.29. The summed E-state index contributed by atoms with van der Waals surface area (Å²) in [5.74, 6) is 2.27. The van der Waals surface area contributed by atoms with E-state index >= 15 is 0 Å². The van der Waals surface area contributed by atoms with Gasteiger partial charge in [0.15, 0.2) is 0 Å². The monoisotopic (exact) mass is 254 g/mol. The predicted octanol–water partition coefficient (Wildman–Crippen LogP) is 2.56. The number of rotatable bonds is 5. The average molecular weight is 254 g/mol. The van der Waals surface area contributed by atoms with E-state index in [-0.39, 0.29) is 11.9 Å². The quantitative estimate of drug-likeness (QED) is 0.791. The molecule has 0 radical (unpaired) electrons. The molecule has 1 fully saturated rings. The van der Waals surface area contributed by atoms with Crippen LogP contribution < -0.4 is 10.6 Å². The first-order valence-electron chi connectivity index (χ1n) is 7.41. The topological polar surface area (TPSA) is 41.1 Å². The Kier molecular flexibility index (Phi) is 6.13. The standard InChI is InChI=1S/C15H30N2O/c1-10(2)8-14(15(18)16-5)17-13-7-6-11(3)12(4)9-13/h10-14,17H,6-9H2,1-5H3,(H,16,18). The van der Waals surface area contributed by atoms with Crippen LogP contribution in [0.3, 0.4) is 0 Å². The minimum atomic E-state index is -0.0272. The van der Waals surface area contributed by atoms with E-state index in [1.807, 2.05) is 0 Å². The van der Waals surface area contributed by atoms with Crippen molar-refractivity contribution >= 4 is 5.91 Å². The number of likely N-dealkylation sites (N-methyl/N-ethyl adjacent to an activating group) is 1. The summed E-state index contributed by atoms with van der Waals surface area (Å²) in [6.07, 6.45) is 4.60. The first-order chi connectivity index (χ1) is 8.43. The molecule has 2 N–H and O–H groups in total. The first-order valence-corrected chi connectivity index (χ1v) is 7.41. The molecule has 1 saturated carbocycles. The van der Waals surface area contributed by atoms with Crippen molar-refractivity contribution in [1.29, 1.82) is 0 Å². The van der Waals surface area contributed by atoms with Gasteiger partial charge in [-0.2, -0.15) is 0 Å². The van der Waals surface area contributed by atoms with E-state index < -0.39 is 0 Å². The molecule has 0 aromatic heterocycles. The molecule has 0 aliphatic heterocycles. The predicted molar refractivity (Wildman–Crippen MR) is 76.4 cm³/mol. The molecule has 1 amide bonds. The molecule has 3 heteroatoms. The SMILES string of the molecule is CNC(=O)C(CC(C)C)NC1CCC(C)C(C)C1. The number of carbonyl (C=O) groups excluding carboxylic acids is 1. The van der Waals surface area contributed by atoms with Crippen molar-refractivity contribution in [3.8, 4) is 0 Å². The molecule has 0 spiro atoms. The van der Waals surface area contributed by atoms with Gasteiger partial charge in [-0.05, 0) is 43.4 Å². The Bertz CT molecular complexity index is 265. The minimum absolute atomic E-state index is 0.0272. The molecule has 1 rings (SSSR count).